The zero-order valence-electron chi connectivity index (χ0n) is 16.2. The van der Waals surface area contributed by atoms with E-state index in [2.05, 4.69) is 53.2 Å². The zero-order chi connectivity index (χ0) is 19.9. The topological polar surface area (TPSA) is 71.4 Å². The standard InChI is InChI=1S/C21H25N3O3S/c1-3-24-19-7-5-4-6-17(19)18-12-15(8-9-20(18)24)13-23(2)21(25)22-16-10-11-28(26,27)14-16/h4-9,12,16H,3,10-11,13-14H2,1-2H3,(H,22,25). The largest absolute Gasteiger partial charge is 0.341 e. The number of benzene rings is 2. The smallest absolute Gasteiger partial charge is 0.317 e. The molecule has 1 fully saturated rings. The summed E-state index contributed by atoms with van der Waals surface area (Å²) in [5.74, 6) is 0.189. The van der Waals surface area contributed by atoms with Gasteiger partial charge in [-0.2, -0.15) is 0 Å². The predicted octanol–water partition coefficient (Wildman–Crippen LogP) is 3.14. The van der Waals surface area contributed by atoms with Crippen LogP contribution in [0, 0.1) is 0 Å². The lowest BCUT2D eigenvalue weighted by Gasteiger charge is -2.20. The molecule has 1 atom stereocenters. The normalized spacial score (nSPS) is 18.6. The molecule has 7 heteroatoms. The van der Waals surface area contributed by atoms with Gasteiger partial charge >= 0.3 is 6.03 Å². The molecule has 3 aromatic rings. The van der Waals surface area contributed by atoms with E-state index in [1.807, 2.05) is 6.07 Å². The number of nitrogens with zero attached hydrogens (tertiary/aromatic N) is 2. The van der Waals surface area contributed by atoms with Crippen LogP contribution in [-0.4, -0.2) is 48.5 Å². The molecule has 148 valence electrons. The van der Waals surface area contributed by atoms with Crippen molar-refractivity contribution in [2.45, 2.75) is 32.5 Å². The maximum atomic E-state index is 12.5. The van der Waals surface area contributed by atoms with Crippen LogP contribution in [0.3, 0.4) is 0 Å². The molecule has 6 nitrogen and oxygen atoms in total. The second-order valence-electron chi connectivity index (χ2n) is 7.52. The quantitative estimate of drug-likeness (QED) is 0.733. The summed E-state index contributed by atoms with van der Waals surface area (Å²) >= 11 is 0. The Bertz CT molecular complexity index is 1150. The number of sulfone groups is 1. The van der Waals surface area contributed by atoms with E-state index in [0.29, 0.717) is 13.0 Å². The van der Waals surface area contributed by atoms with Gasteiger partial charge in [-0.05, 0) is 37.1 Å². The first-order chi connectivity index (χ1) is 13.4. The van der Waals surface area contributed by atoms with Gasteiger partial charge in [-0.1, -0.05) is 24.3 Å². The molecule has 1 N–H and O–H groups in total. The molecule has 1 aliphatic heterocycles. The number of hydrogen-bond acceptors (Lipinski definition) is 3. The van der Waals surface area contributed by atoms with Crippen LogP contribution in [0.5, 0.6) is 0 Å². The summed E-state index contributed by atoms with van der Waals surface area (Å²) in [7, 11) is -1.27. The van der Waals surface area contributed by atoms with Crippen LogP contribution >= 0.6 is 0 Å². The van der Waals surface area contributed by atoms with Crippen molar-refractivity contribution in [3.05, 3.63) is 48.0 Å². The summed E-state index contributed by atoms with van der Waals surface area (Å²) in [4.78, 5) is 14.1. The van der Waals surface area contributed by atoms with Crippen LogP contribution in [0.4, 0.5) is 4.79 Å². The number of carbonyl (C=O) groups is 1. The lowest BCUT2D eigenvalue weighted by Crippen LogP contribution is -2.43. The van der Waals surface area contributed by atoms with Gasteiger partial charge in [0.1, 0.15) is 0 Å². The van der Waals surface area contributed by atoms with E-state index < -0.39 is 9.84 Å². The van der Waals surface area contributed by atoms with Gasteiger partial charge in [-0.3, -0.25) is 0 Å². The van der Waals surface area contributed by atoms with E-state index >= 15 is 0 Å². The highest BCUT2D eigenvalue weighted by atomic mass is 32.2. The van der Waals surface area contributed by atoms with Crippen molar-refractivity contribution in [3.63, 3.8) is 0 Å². The fraction of sp³-hybridized carbons (Fsp3) is 0.381. The van der Waals surface area contributed by atoms with Gasteiger partial charge in [0.15, 0.2) is 9.84 Å². The molecule has 1 aliphatic rings. The fourth-order valence-electron chi connectivity index (χ4n) is 4.08. The maximum absolute atomic E-state index is 12.5. The lowest BCUT2D eigenvalue weighted by molar-refractivity contribution is 0.203. The van der Waals surface area contributed by atoms with Crippen molar-refractivity contribution < 1.29 is 13.2 Å². The monoisotopic (exact) mass is 399 g/mol. The average Bonchev–Trinajstić information content (AvgIpc) is 3.17. The van der Waals surface area contributed by atoms with Crippen molar-refractivity contribution in [2.24, 2.45) is 0 Å². The third kappa shape index (κ3) is 3.46. The third-order valence-corrected chi connectivity index (χ3v) is 7.25. The van der Waals surface area contributed by atoms with Crippen molar-refractivity contribution in [2.75, 3.05) is 18.6 Å². The first-order valence-corrected chi connectivity index (χ1v) is 11.4. The van der Waals surface area contributed by atoms with E-state index in [4.69, 9.17) is 0 Å². The number of para-hydroxylation sites is 1. The minimum atomic E-state index is -3.01. The van der Waals surface area contributed by atoms with E-state index in [1.54, 1.807) is 11.9 Å². The van der Waals surface area contributed by atoms with Crippen LogP contribution < -0.4 is 5.32 Å². The molecule has 0 radical (unpaired) electrons. The number of rotatable bonds is 4. The highest BCUT2D eigenvalue weighted by molar-refractivity contribution is 7.91. The molecule has 0 aliphatic carbocycles. The molecule has 1 saturated heterocycles. The minimum Gasteiger partial charge on any atom is -0.341 e. The van der Waals surface area contributed by atoms with E-state index in [1.165, 1.54) is 21.8 Å². The second kappa shape index (κ2) is 7.13. The Balaban J connectivity index is 1.54. The minimum absolute atomic E-state index is 0.0368. The van der Waals surface area contributed by atoms with Crippen molar-refractivity contribution in [1.29, 1.82) is 0 Å². The van der Waals surface area contributed by atoms with Gasteiger partial charge in [-0.25, -0.2) is 13.2 Å². The van der Waals surface area contributed by atoms with Gasteiger partial charge < -0.3 is 14.8 Å². The van der Waals surface area contributed by atoms with Gasteiger partial charge in [0.05, 0.1) is 11.5 Å². The third-order valence-electron chi connectivity index (χ3n) is 5.48. The van der Waals surface area contributed by atoms with Gasteiger partial charge in [0, 0.05) is 48.0 Å². The Morgan fingerprint density at radius 1 is 1.18 bits per heavy atom. The number of fused-ring (bicyclic) bond motifs is 3. The molecule has 2 aromatic carbocycles. The first kappa shape index (κ1) is 18.8. The molecule has 2 amide bonds. The summed E-state index contributed by atoms with van der Waals surface area (Å²) in [6, 6.07) is 14.1. The zero-order valence-corrected chi connectivity index (χ0v) is 17.0. The molecular formula is C21H25N3O3S. The average molecular weight is 400 g/mol. The SMILES string of the molecule is CCn1c2ccccc2c2cc(CN(C)C(=O)NC3CCS(=O)(=O)C3)ccc21. The number of hydrogen-bond donors (Lipinski definition) is 1. The molecule has 0 spiro atoms. The Morgan fingerprint density at radius 3 is 2.64 bits per heavy atom. The fourth-order valence-corrected chi connectivity index (χ4v) is 5.75. The van der Waals surface area contributed by atoms with Crippen molar-refractivity contribution >= 4 is 37.7 Å². The lowest BCUT2D eigenvalue weighted by atomic mass is 10.1. The van der Waals surface area contributed by atoms with Crippen LogP contribution in [0.25, 0.3) is 21.8 Å². The Morgan fingerprint density at radius 2 is 1.93 bits per heavy atom. The van der Waals surface area contributed by atoms with Crippen molar-refractivity contribution in [1.82, 2.24) is 14.8 Å². The maximum Gasteiger partial charge on any atom is 0.317 e. The van der Waals surface area contributed by atoms with Gasteiger partial charge in [0.25, 0.3) is 0 Å². The van der Waals surface area contributed by atoms with Crippen LogP contribution in [0.2, 0.25) is 0 Å². The molecule has 0 bridgehead atoms. The summed E-state index contributed by atoms with van der Waals surface area (Å²) in [5.41, 5.74) is 3.45. The number of aromatic nitrogens is 1. The van der Waals surface area contributed by atoms with Gasteiger partial charge in [0.2, 0.25) is 0 Å². The van der Waals surface area contributed by atoms with Crippen LogP contribution in [0.15, 0.2) is 42.5 Å². The van der Waals surface area contributed by atoms with E-state index in [9.17, 15) is 13.2 Å². The summed E-state index contributed by atoms with van der Waals surface area (Å²) in [5, 5.41) is 5.24. The molecule has 1 unspecified atom stereocenters. The molecule has 0 saturated carbocycles. The van der Waals surface area contributed by atoms with Gasteiger partial charge in [-0.15, -0.1) is 0 Å². The number of aryl methyl sites for hydroxylation is 1. The number of nitrogens with one attached hydrogen (secondary N) is 1. The summed E-state index contributed by atoms with van der Waals surface area (Å²) in [6.45, 7) is 3.50. The number of urea groups is 1. The molecule has 28 heavy (non-hydrogen) atoms. The Hall–Kier alpha value is -2.54. The number of carbonyl (C=O) groups excluding carboxylic acids is 1. The molecular weight excluding hydrogens is 374 g/mol. The summed E-state index contributed by atoms with van der Waals surface area (Å²) in [6.07, 6.45) is 0.490. The highest BCUT2D eigenvalue weighted by Gasteiger charge is 2.29. The number of amides is 2. The van der Waals surface area contributed by atoms with Crippen LogP contribution in [0.1, 0.15) is 18.9 Å². The van der Waals surface area contributed by atoms with Crippen LogP contribution in [-0.2, 0) is 22.9 Å². The van der Waals surface area contributed by atoms with E-state index in [-0.39, 0.29) is 23.6 Å². The molecule has 4 rings (SSSR count). The summed E-state index contributed by atoms with van der Waals surface area (Å²) < 4.78 is 25.4. The predicted molar refractivity (Wildman–Crippen MR) is 112 cm³/mol. The first-order valence-electron chi connectivity index (χ1n) is 9.60. The Labute approximate surface area is 165 Å². The molecule has 2 heterocycles. The van der Waals surface area contributed by atoms with Crippen molar-refractivity contribution in [3.8, 4) is 0 Å². The Kier molecular flexibility index (Phi) is 4.79. The van der Waals surface area contributed by atoms with E-state index in [0.717, 1.165) is 12.1 Å². The molecule has 1 aromatic heterocycles. The highest BCUT2D eigenvalue weighted by Crippen LogP contribution is 2.30. The second-order valence-corrected chi connectivity index (χ2v) is 9.75.